The molecule has 0 bridgehead atoms. The maximum absolute atomic E-state index is 12.6. The first-order valence-electron chi connectivity index (χ1n) is 11.3. The highest BCUT2D eigenvalue weighted by atomic mass is 35.5. The molecule has 4 rings (SSSR count). The summed E-state index contributed by atoms with van der Waals surface area (Å²) in [6, 6.07) is 7.89. The lowest BCUT2D eigenvalue weighted by molar-refractivity contribution is -0.134. The zero-order valence-corrected chi connectivity index (χ0v) is 18.7. The highest BCUT2D eigenvalue weighted by molar-refractivity contribution is 6.01. The topological polar surface area (TPSA) is 90.5 Å². The summed E-state index contributed by atoms with van der Waals surface area (Å²) in [6.45, 7) is 3.75. The number of carbonyl (C=O) groups excluding carboxylic acids is 3. The van der Waals surface area contributed by atoms with Crippen LogP contribution in [0.2, 0.25) is 0 Å². The van der Waals surface area contributed by atoms with E-state index in [-0.39, 0.29) is 30.3 Å². The molecule has 3 heterocycles. The van der Waals surface area contributed by atoms with Gasteiger partial charge >= 0.3 is 0 Å². The van der Waals surface area contributed by atoms with Crippen LogP contribution in [0.25, 0.3) is 0 Å². The molecular weight excluding hydrogens is 416 g/mol. The molecular formula is C23H33ClN4O3. The van der Waals surface area contributed by atoms with Gasteiger partial charge < -0.3 is 15.5 Å². The van der Waals surface area contributed by atoms with Crippen LogP contribution in [0.3, 0.4) is 0 Å². The molecule has 3 fully saturated rings. The van der Waals surface area contributed by atoms with Crippen LogP contribution in [-0.4, -0.2) is 54.8 Å². The number of nitrogens with one attached hydrogen (secondary N) is 3. The quantitative estimate of drug-likeness (QED) is 0.602. The van der Waals surface area contributed by atoms with Gasteiger partial charge in [-0.2, -0.15) is 0 Å². The number of benzene rings is 1. The predicted octanol–water partition coefficient (Wildman–Crippen LogP) is 2.42. The van der Waals surface area contributed by atoms with Crippen molar-refractivity contribution in [3.8, 4) is 0 Å². The Morgan fingerprint density at radius 2 is 1.68 bits per heavy atom. The maximum Gasteiger partial charge on any atom is 0.249 e. The number of carbonyl (C=O) groups is 3. The fourth-order valence-electron chi connectivity index (χ4n) is 4.81. The molecule has 7 nitrogen and oxygen atoms in total. The molecule has 3 N–H and O–H groups in total. The van der Waals surface area contributed by atoms with Crippen LogP contribution in [0.1, 0.15) is 56.4 Å². The zero-order valence-electron chi connectivity index (χ0n) is 17.9. The summed E-state index contributed by atoms with van der Waals surface area (Å²) >= 11 is 0. The zero-order chi connectivity index (χ0) is 20.9. The van der Waals surface area contributed by atoms with Crippen molar-refractivity contribution in [3.63, 3.8) is 0 Å². The molecule has 170 valence electrons. The molecule has 1 unspecified atom stereocenters. The first kappa shape index (κ1) is 23.5. The van der Waals surface area contributed by atoms with Gasteiger partial charge in [-0.1, -0.05) is 12.1 Å². The smallest absolute Gasteiger partial charge is 0.249 e. The predicted molar refractivity (Wildman–Crippen MR) is 122 cm³/mol. The van der Waals surface area contributed by atoms with Gasteiger partial charge in [0.2, 0.25) is 17.7 Å². The number of nitrogens with zero attached hydrogens (tertiary/aromatic N) is 1. The molecule has 0 saturated carbocycles. The Morgan fingerprint density at radius 3 is 2.32 bits per heavy atom. The minimum absolute atomic E-state index is 0. The van der Waals surface area contributed by atoms with E-state index in [2.05, 4.69) is 33.0 Å². The fourth-order valence-corrected chi connectivity index (χ4v) is 4.81. The molecule has 0 radical (unpaired) electrons. The Hall–Kier alpha value is -2.12. The summed E-state index contributed by atoms with van der Waals surface area (Å²) in [4.78, 5) is 37.9. The second-order valence-corrected chi connectivity index (χ2v) is 8.82. The Balaban J connectivity index is 0.00000272. The number of rotatable bonds is 5. The summed E-state index contributed by atoms with van der Waals surface area (Å²) in [6.07, 6.45) is 5.82. The largest absolute Gasteiger partial charge is 0.374 e. The third-order valence-corrected chi connectivity index (χ3v) is 6.73. The van der Waals surface area contributed by atoms with Crippen molar-refractivity contribution < 1.29 is 14.4 Å². The van der Waals surface area contributed by atoms with E-state index in [9.17, 15) is 14.4 Å². The van der Waals surface area contributed by atoms with Crippen LogP contribution in [0, 0.1) is 5.92 Å². The van der Waals surface area contributed by atoms with Gasteiger partial charge in [0.25, 0.3) is 0 Å². The molecule has 31 heavy (non-hydrogen) atoms. The van der Waals surface area contributed by atoms with Crippen molar-refractivity contribution >= 4 is 35.8 Å². The molecule has 1 aromatic rings. The fraction of sp³-hybridized carbons (Fsp3) is 0.609. The highest BCUT2D eigenvalue weighted by Crippen LogP contribution is 2.30. The first-order valence-corrected chi connectivity index (χ1v) is 11.3. The van der Waals surface area contributed by atoms with Crippen molar-refractivity contribution in [1.82, 2.24) is 15.5 Å². The van der Waals surface area contributed by atoms with Crippen LogP contribution >= 0.6 is 12.4 Å². The SMILES string of the molecule is Cl.O=C1CCC(Nc2ccc(C3CCN(C(=O)CC4CCNCC4)CC3)cc2)C(=O)N1. The van der Waals surface area contributed by atoms with E-state index in [1.165, 1.54) is 5.56 Å². The maximum atomic E-state index is 12.6. The summed E-state index contributed by atoms with van der Waals surface area (Å²) in [5.41, 5.74) is 2.18. The van der Waals surface area contributed by atoms with E-state index in [1.54, 1.807) is 0 Å². The van der Waals surface area contributed by atoms with E-state index in [0.29, 0.717) is 37.0 Å². The molecule has 0 spiro atoms. The summed E-state index contributed by atoms with van der Waals surface area (Å²) in [5, 5.41) is 8.96. The second kappa shape index (κ2) is 11.0. The molecule has 8 heteroatoms. The molecule has 1 aromatic carbocycles. The minimum Gasteiger partial charge on any atom is -0.374 e. The van der Waals surface area contributed by atoms with Crippen molar-refractivity contribution in [1.29, 1.82) is 0 Å². The monoisotopic (exact) mass is 448 g/mol. The number of hydrogen-bond donors (Lipinski definition) is 3. The summed E-state index contributed by atoms with van der Waals surface area (Å²) < 4.78 is 0. The van der Waals surface area contributed by atoms with E-state index in [0.717, 1.165) is 57.5 Å². The van der Waals surface area contributed by atoms with Gasteiger partial charge in [0, 0.05) is 31.6 Å². The number of anilines is 1. The Labute approximate surface area is 190 Å². The third kappa shape index (κ3) is 6.20. The second-order valence-electron chi connectivity index (χ2n) is 8.82. The van der Waals surface area contributed by atoms with Gasteiger partial charge in [-0.05, 0) is 74.7 Å². The van der Waals surface area contributed by atoms with E-state index >= 15 is 0 Å². The number of imide groups is 1. The number of halogens is 1. The van der Waals surface area contributed by atoms with E-state index in [4.69, 9.17) is 0 Å². The van der Waals surface area contributed by atoms with Crippen LogP contribution in [0.15, 0.2) is 24.3 Å². The average Bonchev–Trinajstić information content (AvgIpc) is 2.77. The lowest BCUT2D eigenvalue weighted by Gasteiger charge is -2.34. The van der Waals surface area contributed by atoms with E-state index in [1.807, 2.05) is 12.1 Å². The molecule has 1 atom stereocenters. The van der Waals surface area contributed by atoms with Gasteiger partial charge in [-0.25, -0.2) is 0 Å². The molecule has 3 saturated heterocycles. The van der Waals surface area contributed by atoms with Crippen molar-refractivity contribution in [2.24, 2.45) is 5.92 Å². The Kier molecular flexibility index (Phi) is 8.32. The van der Waals surface area contributed by atoms with Crippen LogP contribution in [0.5, 0.6) is 0 Å². The minimum atomic E-state index is -0.359. The standard InChI is InChI=1S/C23H32N4O3.ClH/c28-21-6-5-20(23(30)26-21)25-19-3-1-17(2-4-19)18-9-13-27(14-10-18)22(29)15-16-7-11-24-12-8-16;/h1-4,16,18,20,24-25H,5-15H2,(H,26,28,30);1H. The van der Waals surface area contributed by atoms with Crippen LogP contribution < -0.4 is 16.0 Å². The van der Waals surface area contributed by atoms with Gasteiger partial charge in [-0.3, -0.25) is 19.7 Å². The number of piperidine rings is 3. The molecule has 3 amide bonds. The third-order valence-electron chi connectivity index (χ3n) is 6.73. The molecule has 0 aliphatic carbocycles. The molecule has 3 aliphatic rings. The number of likely N-dealkylation sites (tertiary alicyclic amines) is 1. The Bertz CT molecular complexity index is 772. The van der Waals surface area contributed by atoms with Gasteiger partial charge in [-0.15, -0.1) is 12.4 Å². The lowest BCUT2D eigenvalue weighted by Crippen LogP contribution is -2.47. The van der Waals surface area contributed by atoms with Gasteiger partial charge in [0.15, 0.2) is 0 Å². The van der Waals surface area contributed by atoms with Crippen molar-refractivity contribution in [2.75, 3.05) is 31.5 Å². The average molecular weight is 449 g/mol. The lowest BCUT2D eigenvalue weighted by atomic mass is 9.88. The van der Waals surface area contributed by atoms with Crippen molar-refractivity contribution in [3.05, 3.63) is 29.8 Å². The summed E-state index contributed by atoms with van der Waals surface area (Å²) in [7, 11) is 0. The van der Waals surface area contributed by atoms with Gasteiger partial charge in [0.1, 0.15) is 6.04 Å². The van der Waals surface area contributed by atoms with Crippen molar-refractivity contribution in [2.45, 2.75) is 56.9 Å². The first-order chi connectivity index (χ1) is 14.6. The Morgan fingerprint density at radius 1 is 1.00 bits per heavy atom. The van der Waals surface area contributed by atoms with Crippen LogP contribution in [0.4, 0.5) is 5.69 Å². The number of hydrogen-bond acceptors (Lipinski definition) is 5. The summed E-state index contributed by atoms with van der Waals surface area (Å²) in [5.74, 6) is 0.883. The highest BCUT2D eigenvalue weighted by Gasteiger charge is 2.27. The van der Waals surface area contributed by atoms with E-state index < -0.39 is 0 Å². The van der Waals surface area contributed by atoms with Gasteiger partial charge in [0.05, 0.1) is 0 Å². The number of amides is 3. The normalized spacial score (nSPS) is 23.1. The molecule has 3 aliphatic heterocycles. The van der Waals surface area contributed by atoms with Crippen LogP contribution in [-0.2, 0) is 14.4 Å². The molecule has 0 aromatic heterocycles.